The van der Waals surface area contributed by atoms with E-state index >= 15 is 0 Å². The van der Waals surface area contributed by atoms with E-state index in [0.717, 1.165) is 31.7 Å². The maximum atomic E-state index is 13.3. The zero-order valence-corrected chi connectivity index (χ0v) is 17.6. The molecule has 1 saturated heterocycles. The molecular weight excluding hydrogens is 404 g/mol. The van der Waals surface area contributed by atoms with Crippen molar-refractivity contribution < 1.29 is 9.21 Å². The number of amides is 1. The Hall–Kier alpha value is -3.71. The van der Waals surface area contributed by atoms with E-state index < -0.39 is 0 Å². The minimum Gasteiger partial charge on any atom is -0.468 e. The summed E-state index contributed by atoms with van der Waals surface area (Å²) < 4.78 is 6.95. The molecule has 1 aliphatic rings. The molecule has 0 radical (unpaired) electrons. The van der Waals surface area contributed by atoms with E-state index in [0.29, 0.717) is 23.0 Å². The fourth-order valence-electron chi connectivity index (χ4n) is 4.32. The van der Waals surface area contributed by atoms with Gasteiger partial charge in [0, 0.05) is 11.9 Å². The summed E-state index contributed by atoms with van der Waals surface area (Å²) in [5.41, 5.74) is 0.584. The van der Waals surface area contributed by atoms with E-state index in [-0.39, 0.29) is 23.2 Å². The Morgan fingerprint density at radius 3 is 2.41 bits per heavy atom. The first-order valence-corrected chi connectivity index (χ1v) is 10.9. The Morgan fingerprint density at radius 1 is 0.969 bits per heavy atom. The Labute approximate surface area is 185 Å². The molecule has 0 bridgehead atoms. The summed E-state index contributed by atoms with van der Waals surface area (Å²) in [7, 11) is 0. The molecule has 1 atom stereocenters. The number of hydrogen-bond acceptors (Lipinski definition) is 5. The van der Waals surface area contributed by atoms with E-state index in [2.05, 4.69) is 15.3 Å². The lowest BCUT2D eigenvalue weighted by Crippen LogP contribution is -2.37. The lowest BCUT2D eigenvalue weighted by Gasteiger charge is -2.26. The van der Waals surface area contributed by atoms with Gasteiger partial charge in [0.2, 0.25) is 0 Å². The number of carbonyl (C=O) groups excluding carboxylic acids is 1. The quantitative estimate of drug-likeness (QED) is 0.508. The normalized spacial score (nSPS) is 15.1. The number of nitrogens with zero attached hydrogens (tertiary/aromatic N) is 3. The van der Waals surface area contributed by atoms with Crippen LogP contribution >= 0.6 is 0 Å². The Bertz CT molecular complexity index is 1280. The van der Waals surface area contributed by atoms with Crippen LogP contribution in [0.3, 0.4) is 0 Å². The lowest BCUT2D eigenvalue weighted by molar-refractivity contribution is 0.0929. The molecule has 3 heterocycles. The number of aromatic nitrogens is 2. The molecule has 5 rings (SSSR count). The number of para-hydroxylation sites is 1. The van der Waals surface area contributed by atoms with Crippen LogP contribution in [0.25, 0.3) is 16.5 Å². The number of likely N-dealkylation sites (tertiary alicyclic amines) is 1. The van der Waals surface area contributed by atoms with Gasteiger partial charge < -0.3 is 9.73 Å². The molecule has 2 aromatic heterocycles. The van der Waals surface area contributed by atoms with E-state index in [9.17, 15) is 9.59 Å². The Morgan fingerprint density at radius 2 is 1.69 bits per heavy atom. The highest BCUT2D eigenvalue weighted by Crippen LogP contribution is 2.25. The summed E-state index contributed by atoms with van der Waals surface area (Å²) in [6, 6.07) is 20.0. The zero-order valence-electron chi connectivity index (χ0n) is 17.6. The van der Waals surface area contributed by atoms with Crippen LogP contribution in [-0.4, -0.2) is 40.2 Å². The predicted octanol–water partition coefficient (Wildman–Crippen LogP) is 3.55. The van der Waals surface area contributed by atoms with Crippen LogP contribution in [-0.2, 0) is 0 Å². The number of fused-ring (bicyclic) bond motifs is 1. The molecule has 0 spiro atoms. The van der Waals surface area contributed by atoms with E-state index in [1.165, 1.54) is 4.68 Å². The van der Waals surface area contributed by atoms with Crippen LogP contribution in [0, 0.1) is 0 Å². The second-order valence-electron chi connectivity index (χ2n) is 7.93. The predicted molar refractivity (Wildman–Crippen MR) is 122 cm³/mol. The standard InChI is InChI=1S/C25H24N4O3/c30-24(26-17-21(22-13-8-16-32-22)28-14-6-7-15-28)23-19-11-4-5-12-20(19)25(31)29(27-23)18-9-2-1-3-10-18/h1-5,8-13,16,21H,6-7,14-15,17H2,(H,26,30)/t21-/m0/s1. The average molecular weight is 428 g/mol. The number of nitrogens with one attached hydrogen (secondary N) is 1. The maximum absolute atomic E-state index is 13.3. The molecule has 0 unspecified atom stereocenters. The number of benzene rings is 2. The zero-order chi connectivity index (χ0) is 21.9. The van der Waals surface area contributed by atoms with Crippen molar-refractivity contribution in [1.82, 2.24) is 20.0 Å². The first-order chi connectivity index (χ1) is 15.7. The van der Waals surface area contributed by atoms with E-state index in [4.69, 9.17) is 4.42 Å². The molecule has 1 N–H and O–H groups in total. The van der Waals surface area contributed by atoms with Crippen molar-refractivity contribution in [2.45, 2.75) is 18.9 Å². The van der Waals surface area contributed by atoms with Crippen molar-refractivity contribution in [3.8, 4) is 5.69 Å². The average Bonchev–Trinajstić information content (AvgIpc) is 3.55. The molecule has 2 aromatic carbocycles. The first-order valence-electron chi connectivity index (χ1n) is 10.9. The summed E-state index contributed by atoms with van der Waals surface area (Å²) in [4.78, 5) is 28.7. The van der Waals surface area contributed by atoms with Gasteiger partial charge in [0.25, 0.3) is 11.5 Å². The fourth-order valence-corrected chi connectivity index (χ4v) is 4.32. The number of carbonyl (C=O) groups is 1. The minimum atomic E-state index is -0.318. The lowest BCUT2D eigenvalue weighted by atomic mass is 10.1. The monoisotopic (exact) mass is 428 g/mol. The highest BCUT2D eigenvalue weighted by atomic mass is 16.3. The summed E-state index contributed by atoms with van der Waals surface area (Å²) in [5.74, 6) is 0.515. The van der Waals surface area contributed by atoms with Crippen LogP contribution in [0.1, 0.15) is 35.1 Å². The van der Waals surface area contributed by atoms with Gasteiger partial charge in [-0.15, -0.1) is 0 Å². The van der Waals surface area contributed by atoms with Crippen molar-refractivity contribution in [2.75, 3.05) is 19.6 Å². The van der Waals surface area contributed by atoms with Gasteiger partial charge in [-0.2, -0.15) is 9.78 Å². The molecule has 1 fully saturated rings. The molecule has 1 amide bonds. The minimum absolute atomic E-state index is 0.0391. The summed E-state index contributed by atoms with van der Waals surface area (Å²) in [6.07, 6.45) is 3.93. The van der Waals surface area contributed by atoms with Crippen molar-refractivity contribution in [1.29, 1.82) is 0 Å². The van der Waals surface area contributed by atoms with E-state index in [1.807, 2.05) is 36.4 Å². The maximum Gasteiger partial charge on any atom is 0.279 e. The summed E-state index contributed by atoms with van der Waals surface area (Å²) in [5, 5.41) is 8.50. The van der Waals surface area contributed by atoms with Crippen molar-refractivity contribution in [3.05, 3.63) is 94.8 Å². The smallest absolute Gasteiger partial charge is 0.279 e. The third-order valence-electron chi connectivity index (χ3n) is 5.93. The highest BCUT2D eigenvalue weighted by molar-refractivity contribution is 6.04. The molecule has 0 aliphatic carbocycles. The molecule has 0 saturated carbocycles. The molecular formula is C25H24N4O3. The van der Waals surface area contributed by atoms with Gasteiger partial charge in [0.05, 0.1) is 23.4 Å². The van der Waals surface area contributed by atoms with Gasteiger partial charge in [-0.3, -0.25) is 14.5 Å². The second kappa shape index (κ2) is 8.80. The third-order valence-corrected chi connectivity index (χ3v) is 5.93. The largest absolute Gasteiger partial charge is 0.468 e. The molecule has 1 aliphatic heterocycles. The number of furan rings is 1. The van der Waals surface area contributed by atoms with Gasteiger partial charge in [-0.1, -0.05) is 36.4 Å². The molecule has 32 heavy (non-hydrogen) atoms. The van der Waals surface area contributed by atoms with Crippen molar-refractivity contribution in [2.24, 2.45) is 0 Å². The molecule has 7 heteroatoms. The van der Waals surface area contributed by atoms with Gasteiger partial charge in [0.15, 0.2) is 5.69 Å². The highest BCUT2D eigenvalue weighted by Gasteiger charge is 2.27. The Balaban J connectivity index is 1.49. The van der Waals surface area contributed by atoms with Gasteiger partial charge in [-0.25, -0.2) is 0 Å². The Kier molecular flexibility index (Phi) is 5.56. The summed E-state index contributed by atoms with van der Waals surface area (Å²) in [6.45, 7) is 2.34. The number of hydrogen-bond donors (Lipinski definition) is 1. The third kappa shape index (κ3) is 3.83. The van der Waals surface area contributed by atoms with Crippen LogP contribution in [0.2, 0.25) is 0 Å². The van der Waals surface area contributed by atoms with Crippen LogP contribution in [0.4, 0.5) is 0 Å². The molecule has 7 nitrogen and oxygen atoms in total. The second-order valence-corrected chi connectivity index (χ2v) is 7.93. The van der Waals surface area contributed by atoms with Gasteiger partial charge >= 0.3 is 0 Å². The fraction of sp³-hybridized carbons (Fsp3) is 0.240. The number of rotatable bonds is 6. The SMILES string of the molecule is O=C(NC[C@@H](c1ccco1)N1CCCC1)c1nn(-c2ccccc2)c(=O)c2ccccc12. The molecule has 4 aromatic rings. The van der Waals surface area contributed by atoms with Gasteiger partial charge in [0.1, 0.15) is 5.76 Å². The van der Waals surface area contributed by atoms with Gasteiger partial charge in [-0.05, 0) is 56.3 Å². The topological polar surface area (TPSA) is 80.4 Å². The van der Waals surface area contributed by atoms with E-state index in [1.54, 1.807) is 36.6 Å². The molecule has 162 valence electrons. The van der Waals surface area contributed by atoms with Crippen LogP contribution in [0.15, 0.2) is 82.2 Å². The van der Waals surface area contributed by atoms with Crippen molar-refractivity contribution >= 4 is 16.7 Å². The van der Waals surface area contributed by atoms with Crippen molar-refractivity contribution in [3.63, 3.8) is 0 Å². The first kappa shape index (κ1) is 20.2. The summed E-state index contributed by atoms with van der Waals surface area (Å²) >= 11 is 0. The van der Waals surface area contributed by atoms with Crippen LogP contribution < -0.4 is 10.9 Å². The van der Waals surface area contributed by atoms with Crippen LogP contribution in [0.5, 0.6) is 0 Å².